The van der Waals surface area contributed by atoms with Gasteiger partial charge in [0.1, 0.15) is 5.15 Å². The molecular weight excluding hydrogens is 390 g/mol. The average Bonchev–Trinajstić information content (AvgIpc) is 3.23. The van der Waals surface area contributed by atoms with E-state index in [1.54, 1.807) is 0 Å². The fourth-order valence-electron chi connectivity index (χ4n) is 3.14. The Hall–Kier alpha value is -1.96. The van der Waals surface area contributed by atoms with Crippen LogP contribution in [-0.4, -0.2) is 29.8 Å². The number of aromatic nitrogens is 1. The van der Waals surface area contributed by atoms with E-state index in [4.69, 9.17) is 11.6 Å². The van der Waals surface area contributed by atoms with Crippen LogP contribution in [0.5, 0.6) is 0 Å². The summed E-state index contributed by atoms with van der Waals surface area (Å²) in [5, 5.41) is 7.57. The normalized spacial score (nSPS) is 17.7. The number of hydrogen-bond donors (Lipinski definition) is 0. The number of pyridine rings is 1. The third-order valence-corrected chi connectivity index (χ3v) is 6.57. The molecule has 0 unspecified atom stereocenters. The number of hydrogen-bond acceptors (Lipinski definition) is 5. The molecule has 5 nitrogen and oxygen atoms in total. The van der Waals surface area contributed by atoms with Crippen molar-refractivity contribution in [2.75, 3.05) is 6.26 Å². The van der Waals surface area contributed by atoms with E-state index in [2.05, 4.69) is 10.1 Å². The molecule has 0 spiro atoms. The first kappa shape index (κ1) is 17.5. The van der Waals surface area contributed by atoms with E-state index in [0.29, 0.717) is 17.1 Å². The monoisotopic (exact) mass is 405 g/mol. The van der Waals surface area contributed by atoms with E-state index in [1.807, 2.05) is 48.7 Å². The molecule has 0 amide bonds. The van der Waals surface area contributed by atoms with Gasteiger partial charge in [-0.2, -0.15) is 9.52 Å². The molecule has 1 atom stereocenters. The van der Waals surface area contributed by atoms with Gasteiger partial charge in [0.25, 0.3) is 0 Å². The Kier molecular flexibility index (Phi) is 4.25. The van der Waals surface area contributed by atoms with Crippen molar-refractivity contribution in [3.05, 3.63) is 62.9 Å². The van der Waals surface area contributed by atoms with Crippen molar-refractivity contribution in [3.63, 3.8) is 0 Å². The molecule has 0 bridgehead atoms. The summed E-state index contributed by atoms with van der Waals surface area (Å²) in [5.41, 5.74) is 3.31. The molecule has 3 aromatic rings. The van der Waals surface area contributed by atoms with Gasteiger partial charge in [0.15, 0.2) is 0 Å². The minimum absolute atomic E-state index is 0.308. The second-order valence-corrected chi connectivity index (χ2v) is 9.49. The molecule has 4 rings (SSSR count). The van der Waals surface area contributed by atoms with Crippen LogP contribution < -0.4 is 0 Å². The highest BCUT2D eigenvalue weighted by atomic mass is 35.5. The maximum absolute atomic E-state index is 12.3. The molecule has 1 aliphatic heterocycles. The summed E-state index contributed by atoms with van der Waals surface area (Å²) in [6.07, 6.45) is 1.62. The molecule has 134 valence electrons. The molecule has 1 aliphatic rings. The lowest BCUT2D eigenvalue weighted by Crippen LogP contribution is -2.26. The van der Waals surface area contributed by atoms with Gasteiger partial charge in [0.05, 0.1) is 28.4 Å². The Balaban J connectivity index is 1.83. The standard InChI is InChI=1S/C18H16ClN3O2S2/c1-11-5-6-14-12(8-11)9-13(18(19)20-14)16-10-15(17-4-3-7-25-17)21-22(16)26(2,23)24/h3-9,16H,10H2,1-2H3/t16-/m1/s1. The highest BCUT2D eigenvalue weighted by molar-refractivity contribution is 7.88. The highest BCUT2D eigenvalue weighted by Crippen LogP contribution is 2.39. The topological polar surface area (TPSA) is 62.6 Å². The summed E-state index contributed by atoms with van der Waals surface area (Å²) in [6, 6.07) is 11.2. The van der Waals surface area contributed by atoms with Gasteiger partial charge >= 0.3 is 0 Å². The van der Waals surface area contributed by atoms with Gasteiger partial charge in [-0.15, -0.1) is 11.3 Å². The van der Waals surface area contributed by atoms with E-state index in [9.17, 15) is 8.42 Å². The van der Waals surface area contributed by atoms with Gasteiger partial charge in [-0.1, -0.05) is 29.3 Å². The average molecular weight is 406 g/mol. The fraction of sp³-hybridized carbons (Fsp3) is 0.222. The number of aryl methyl sites for hydroxylation is 1. The Labute approximate surface area is 161 Å². The quantitative estimate of drug-likeness (QED) is 0.608. The smallest absolute Gasteiger partial charge is 0.236 e. The molecule has 26 heavy (non-hydrogen) atoms. The summed E-state index contributed by atoms with van der Waals surface area (Å²) in [5.74, 6) is 0. The van der Waals surface area contributed by atoms with Gasteiger partial charge in [0, 0.05) is 17.4 Å². The maximum atomic E-state index is 12.3. The predicted molar refractivity (Wildman–Crippen MR) is 106 cm³/mol. The Morgan fingerprint density at radius 2 is 2.08 bits per heavy atom. The minimum atomic E-state index is -3.54. The molecule has 0 saturated heterocycles. The van der Waals surface area contributed by atoms with Crippen LogP contribution in [0.15, 0.2) is 46.9 Å². The van der Waals surface area contributed by atoms with E-state index >= 15 is 0 Å². The van der Waals surface area contributed by atoms with Crippen molar-refractivity contribution >= 4 is 49.6 Å². The molecule has 0 saturated carbocycles. The number of hydrazone groups is 1. The Bertz CT molecular complexity index is 1120. The summed E-state index contributed by atoms with van der Waals surface area (Å²) >= 11 is 7.97. The van der Waals surface area contributed by atoms with Crippen LogP contribution in [0.2, 0.25) is 5.15 Å². The molecular formula is C18H16ClN3O2S2. The van der Waals surface area contributed by atoms with Crippen molar-refractivity contribution < 1.29 is 8.42 Å². The Morgan fingerprint density at radius 3 is 2.77 bits per heavy atom. The molecule has 1 aromatic carbocycles. The molecule has 0 fully saturated rings. The maximum Gasteiger partial charge on any atom is 0.247 e. The first-order valence-electron chi connectivity index (χ1n) is 8.00. The zero-order valence-electron chi connectivity index (χ0n) is 14.2. The molecule has 0 N–H and O–H groups in total. The molecule has 3 heterocycles. The summed E-state index contributed by atoms with van der Waals surface area (Å²) in [6.45, 7) is 2.00. The van der Waals surface area contributed by atoms with Crippen LogP contribution in [0.1, 0.15) is 28.5 Å². The number of sulfonamides is 1. The summed E-state index contributed by atoms with van der Waals surface area (Å²) < 4.78 is 25.8. The molecule has 2 aromatic heterocycles. The van der Waals surface area contributed by atoms with Crippen molar-refractivity contribution in [1.82, 2.24) is 9.40 Å². The van der Waals surface area contributed by atoms with E-state index in [0.717, 1.165) is 37.7 Å². The van der Waals surface area contributed by atoms with Gasteiger partial charge in [0.2, 0.25) is 10.0 Å². The fourth-order valence-corrected chi connectivity index (χ4v) is 5.03. The van der Waals surface area contributed by atoms with Crippen LogP contribution in [-0.2, 0) is 10.0 Å². The van der Waals surface area contributed by atoms with Crippen molar-refractivity contribution in [3.8, 4) is 0 Å². The first-order chi connectivity index (χ1) is 12.3. The van der Waals surface area contributed by atoms with Crippen LogP contribution in [0.3, 0.4) is 0 Å². The van der Waals surface area contributed by atoms with Crippen molar-refractivity contribution in [1.29, 1.82) is 0 Å². The Morgan fingerprint density at radius 1 is 1.27 bits per heavy atom. The van der Waals surface area contributed by atoms with Gasteiger partial charge < -0.3 is 0 Å². The van der Waals surface area contributed by atoms with Gasteiger partial charge in [-0.25, -0.2) is 13.4 Å². The third-order valence-electron chi connectivity index (χ3n) is 4.33. The van der Waals surface area contributed by atoms with Crippen molar-refractivity contribution in [2.24, 2.45) is 5.10 Å². The van der Waals surface area contributed by atoms with Crippen LogP contribution in [0.25, 0.3) is 10.9 Å². The lowest BCUT2D eigenvalue weighted by molar-refractivity contribution is 0.374. The SMILES string of the molecule is Cc1ccc2nc(Cl)c([C@H]3CC(c4cccs4)=NN3S(C)(=O)=O)cc2c1. The number of halogens is 1. The van der Waals surface area contributed by atoms with Crippen LogP contribution in [0.4, 0.5) is 0 Å². The van der Waals surface area contributed by atoms with E-state index in [-0.39, 0.29) is 0 Å². The van der Waals surface area contributed by atoms with Crippen LogP contribution in [0, 0.1) is 6.92 Å². The highest BCUT2D eigenvalue weighted by Gasteiger charge is 2.36. The van der Waals surface area contributed by atoms with E-state index in [1.165, 1.54) is 11.3 Å². The summed E-state index contributed by atoms with van der Waals surface area (Å²) in [7, 11) is -3.54. The van der Waals surface area contributed by atoms with Gasteiger partial charge in [-0.3, -0.25) is 0 Å². The third kappa shape index (κ3) is 3.11. The van der Waals surface area contributed by atoms with Crippen molar-refractivity contribution in [2.45, 2.75) is 19.4 Å². The zero-order valence-corrected chi connectivity index (χ0v) is 16.6. The minimum Gasteiger partial charge on any atom is -0.236 e. The predicted octanol–water partition coefficient (Wildman–Crippen LogP) is 4.37. The van der Waals surface area contributed by atoms with E-state index < -0.39 is 16.1 Å². The van der Waals surface area contributed by atoms with Crippen LogP contribution >= 0.6 is 22.9 Å². The molecule has 8 heteroatoms. The lowest BCUT2D eigenvalue weighted by atomic mass is 10.0. The molecule has 0 radical (unpaired) electrons. The molecule has 0 aliphatic carbocycles. The number of thiophene rings is 1. The number of nitrogens with zero attached hydrogens (tertiary/aromatic N) is 3. The number of benzene rings is 1. The number of rotatable bonds is 3. The second-order valence-electron chi connectivity index (χ2n) is 6.34. The zero-order chi connectivity index (χ0) is 18.5. The lowest BCUT2D eigenvalue weighted by Gasteiger charge is -2.22. The first-order valence-corrected chi connectivity index (χ1v) is 11.1. The second kappa shape index (κ2) is 6.33. The summed E-state index contributed by atoms with van der Waals surface area (Å²) in [4.78, 5) is 5.42. The van der Waals surface area contributed by atoms with Gasteiger partial charge in [-0.05, 0) is 36.6 Å². The largest absolute Gasteiger partial charge is 0.247 e. The number of fused-ring (bicyclic) bond motifs is 1.